The lowest BCUT2D eigenvalue weighted by molar-refractivity contribution is 0.172. The molecule has 1 saturated heterocycles. The Hall–Kier alpha value is -2.44. The number of benzene rings is 2. The molecule has 1 fully saturated rings. The average Bonchev–Trinajstić information content (AvgIpc) is 3.16. The van der Waals surface area contributed by atoms with E-state index in [1.807, 2.05) is 32.3 Å². The molecule has 0 radical (unpaired) electrons. The zero-order valence-corrected chi connectivity index (χ0v) is 18.5. The molecule has 0 unspecified atom stereocenters. The summed E-state index contributed by atoms with van der Waals surface area (Å²) >= 11 is 5.20. The van der Waals surface area contributed by atoms with Gasteiger partial charge in [-0.3, -0.25) is 4.90 Å². The maximum atomic E-state index is 5.67. The second kappa shape index (κ2) is 9.58. The van der Waals surface area contributed by atoms with E-state index in [-0.39, 0.29) is 0 Å². The van der Waals surface area contributed by atoms with E-state index in [1.54, 1.807) is 4.90 Å². The van der Waals surface area contributed by atoms with Crippen molar-refractivity contribution in [1.82, 2.24) is 15.0 Å². The van der Waals surface area contributed by atoms with Gasteiger partial charge >= 0.3 is 0 Å². The van der Waals surface area contributed by atoms with Crippen molar-refractivity contribution in [2.75, 3.05) is 27.2 Å². The van der Waals surface area contributed by atoms with E-state index in [2.05, 4.69) is 40.4 Å². The summed E-state index contributed by atoms with van der Waals surface area (Å²) in [5, 5.41) is 5.81. The number of piperidine rings is 1. The first kappa shape index (κ1) is 20.8. The van der Waals surface area contributed by atoms with Crippen LogP contribution < -0.4 is 4.74 Å². The van der Waals surface area contributed by atoms with Gasteiger partial charge in [-0.15, -0.1) is 0 Å². The lowest BCUT2D eigenvalue weighted by atomic mass is 9.91. The van der Waals surface area contributed by atoms with Crippen LogP contribution in [0.4, 0.5) is 0 Å². The smallest absolute Gasteiger partial charge is 0.264 e. The fourth-order valence-corrected chi connectivity index (χ4v) is 4.12. The van der Waals surface area contributed by atoms with Crippen molar-refractivity contribution >= 4 is 28.4 Å². The fraction of sp³-hybridized carbons (Fsp3) is 0.417. The van der Waals surface area contributed by atoms with Gasteiger partial charge in [0, 0.05) is 32.1 Å². The Morgan fingerprint density at radius 2 is 1.93 bits per heavy atom. The van der Waals surface area contributed by atoms with Gasteiger partial charge in [0.25, 0.3) is 5.17 Å². The first-order valence-electron chi connectivity index (χ1n) is 10.6. The van der Waals surface area contributed by atoms with Crippen LogP contribution in [-0.2, 0) is 13.0 Å². The van der Waals surface area contributed by atoms with Crippen LogP contribution in [0.25, 0.3) is 11.0 Å². The molecule has 0 aliphatic carbocycles. The molecule has 1 aliphatic heterocycles. The monoisotopic (exact) mass is 423 g/mol. The highest BCUT2D eigenvalue weighted by atomic mass is 32.1. The van der Waals surface area contributed by atoms with Crippen molar-refractivity contribution in [3.8, 4) is 5.75 Å². The molecule has 4 rings (SSSR count). The van der Waals surface area contributed by atoms with Gasteiger partial charge in [-0.25, -0.2) is 0 Å². The van der Waals surface area contributed by atoms with E-state index in [9.17, 15) is 0 Å². The number of hydrogen-bond donors (Lipinski definition) is 0. The predicted octanol–water partition coefficient (Wildman–Crippen LogP) is 4.90. The van der Waals surface area contributed by atoms with Crippen LogP contribution in [0, 0.1) is 5.92 Å². The van der Waals surface area contributed by atoms with Gasteiger partial charge in [-0.2, -0.15) is 0 Å². The van der Waals surface area contributed by atoms with E-state index in [0.717, 1.165) is 42.0 Å². The number of hydrogen-bond acceptors (Lipinski definition) is 5. The van der Waals surface area contributed by atoms with Crippen molar-refractivity contribution in [3.05, 3.63) is 59.8 Å². The van der Waals surface area contributed by atoms with Gasteiger partial charge in [0.15, 0.2) is 5.58 Å². The Kier molecular flexibility index (Phi) is 6.65. The quantitative estimate of drug-likeness (QED) is 0.526. The molecule has 3 aromatic rings. The van der Waals surface area contributed by atoms with E-state index in [0.29, 0.717) is 10.9 Å². The van der Waals surface area contributed by atoms with E-state index in [1.165, 1.54) is 31.5 Å². The Bertz CT molecular complexity index is 979. The molecule has 0 N–H and O–H groups in total. The van der Waals surface area contributed by atoms with Crippen molar-refractivity contribution < 1.29 is 9.26 Å². The van der Waals surface area contributed by atoms with Crippen molar-refractivity contribution in [2.24, 2.45) is 5.92 Å². The maximum Gasteiger partial charge on any atom is 0.264 e. The largest absolute Gasteiger partial charge is 0.432 e. The van der Waals surface area contributed by atoms with Crippen LogP contribution in [0.2, 0.25) is 0 Å². The SMILES string of the molecule is CN(C)C(=S)Oc1ccc2c(CCC3CCN(Cc4ccccc4)CC3)noc2c1. The molecular weight excluding hydrogens is 394 g/mol. The number of likely N-dealkylation sites (tertiary alicyclic amines) is 1. The molecular formula is C24H29N3O2S. The Labute approximate surface area is 183 Å². The van der Waals surface area contributed by atoms with Crippen LogP contribution >= 0.6 is 12.2 Å². The molecule has 0 bridgehead atoms. The molecule has 0 atom stereocenters. The van der Waals surface area contributed by atoms with Crippen molar-refractivity contribution in [3.63, 3.8) is 0 Å². The second-order valence-corrected chi connectivity index (χ2v) is 8.64. The van der Waals surface area contributed by atoms with E-state index >= 15 is 0 Å². The first-order valence-corrected chi connectivity index (χ1v) is 11.0. The number of nitrogens with zero attached hydrogens (tertiary/aromatic N) is 3. The highest BCUT2D eigenvalue weighted by molar-refractivity contribution is 7.80. The lowest BCUT2D eigenvalue weighted by Gasteiger charge is -2.31. The molecule has 1 aromatic heterocycles. The van der Waals surface area contributed by atoms with Gasteiger partial charge in [0.05, 0.1) is 5.69 Å². The minimum atomic E-state index is 0.424. The van der Waals surface area contributed by atoms with Gasteiger partial charge in [0.1, 0.15) is 5.75 Å². The summed E-state index contributed by atoms with van der Waals surface area (Å²) in [6.07, 6.45) is 4.61. The Morgan fingerprint density at radius 3 is 2.67 bits per heavy atom. The number of thiocarbonyl (C=S) groups is 1. The Morgan fingerprint density at radius 1 is 1.17 bits per heavy atom. The van der Waals surface area contributed by atoms with Gasteiger partial charge < -0.3 is 14.2 Å². The van der Waals surface area contributed by atoms with Gasteiger partial charge in [0.2, 0.25) is 0 Å². The summed E-state index contributed by atoms with van der Waals surface area (Å²) < 4.78 is 11.2. The third-order valence-corrected chi connectivity index (χ3v) is 6.28. The molecule has 1 aliphatic rings. The summed E-state index contributed by atoms with van der Waals surface area (Å²) in [6, 6.07) is 16.6. The molecule has 2 aromatic carbocycles. The Balaban J connectivity index is 1.28. The number of aryl methyl sites for hydroxylation is 1. The normalized spacial score (nSPS) is 15.4. The molecule has 6 heteroatoms. The van der Waals surface area contributed by atoms with Gasteiger partial charge in [-0.1, -0.05) is 35.5 Å². The zero-order chi connectivity index (χ0) is 20.9. The van der Waals surface area contributed by atoms with E-state index < -0.39 is 0 Å². The molecule has 0 amide bonds. The molecule has 0 saturated carbocycles. The van der Waals surface area contributed by atoms with Crippen LogP contribution in [0.1, 0.15) is 30.5 Å². The topological polar surface area (TPSA) is 41.7 Å². The molecule has 158 valence electrons. The highest BCUT2D eigenvalue weighted by Crippen LogP contribution is 2.28. The summed E-state index contributed by atoms with van der Waals surface area (Å²) in [7, 11) is 3.72. The maximum absolute atomic E-state index is 5.67. The van der Waals surface area contributed by atoms with E-state index in [4.69, 9.17) is 21.5 Å². The van der Waals surface area contributed by atoms with Crippen LogP contribution in [0.15, 0.2) is 53.1 Å². The standard InChI is InChI=1S/C24H29N3O2S/c1-26(2)24(30)28-20-9-10-21-22(25-29-23(21)16-20)11-8-18-12-14-27(15-13-18)17-19-6-4-3-5-7-19/h3-7,9-10,16,18H,8,11-15,17H2,1-2H3. The highest BCUT2D eigenvalue weighted by Gasteiger charge is 2.20. The van der Waals surface area contributed by atoms with Crippen molar-refractivity contribution in [1.29, 1.82) is 0 Å². The second-order valence-electron chi connectivity index (χ2n) is 8.29. The van der Waals surface area contributed by atoms with Crippen molar-refractivity contribution in [2.45, 2.75) is 32.2 Å². The minimum absolute atomic E-state index is 0.424. The fourth-order valence-electron chi connectivity index (χ4n) is 4.02. The third kappa shape index (κ3) is 5.18. The predicted molar refractivity (Wildman–Crippen MR) is 124 cm³/mol. The molecule has 2 heterocycles. The molecule has 0 spiro atoms. The number of rotatable bonds is 6. The average molecular weight is 424 g/mol. The van der Waals surface area contributed by atoms with Crippen LogP contribution in [0.5, 0.6) is 5.75 Å². The van der Waals surface area contributed by atoms with Gasteiger partial charge in [-0.05, 0) is 74.6 Å². The lowest BCUT2D eigenvalue weighted by Crippen LogP contribution is -2.33. The summed E-state index contributed by atoms with van der Waals surface area (Å²) in [4.78, 5) is 4.33. The zero-order valence-electron chi connectivity index (χ0n) is 17.7. The molecule has 30 heavy (non-hydrogen) atoms. The van der Waals surface area contributed by atoms with Crippen LogP contribution in [0.3, 0.4) is 0 Å². The number of ether oxygens (including phenoxy) is 1. The number of aromatic nitrogens is 1. The number of fused-ring (bicyclic) bond motifs is 1. The molecule has 5 nitrogen and oxygen atoms in total. The minimum Gasteiger partial charge on any atom is -0.432 e. The van der Waals surface area contributed by atoms with Crippen LogP contribution in [-0.4, -0.2) is 47.3 Å². The summed E-state index contributed by atoms with van der Waals surface area (Å²) in [5.74, 6) is 1.43. The first-order chi connectivity index (χ1) is 14.6. The third-order valence-electron chi connectivity index (χ3n) is 5.83. The summed E-state index contributed by atoms with van der Waals surface area (Å²) in [6.45, 7) is 3.40. The summed E-state index contributed by atoms with van der Waals surface area (Å²) in [5.41, 5.74) is 3.19.